The molecule has 1 rings (SSSR count). The number of carbonyl (C=O) groups excluding carboxylic acids is 1. The number of nitrogens with two attached hydrogens (primary N) is 1. The second-order valence-electron chi connectivity index (χ2n) is 5.31. The number of carbonyl (C=O) groups is 1. The van der Waals surface area contributed by atoms with Gasteiger partial charge in [0.25, 0.3) is 0 Å². The van der Waals surface area contributed by atoms with Crippen molar-refractivity contribution in [1.82, 2.24) is 9.80 Å². The highest BCUT2D eigenvalue weighted by atomic mass is 79.9. The van der Waals surface area contributed by atoms with Crippen LogP contribution in [-0.4, -0.2) is 56.0 Å². The van der Waals surface area contributed by atoms with E-state index >= 15 is 0 Å². The molecule has 0 saturated carbocycles. The molecule has 0 aromatic heterocycles. The second-order valence-corrected chi connectivity index (χ2v) is 6.17. The topological polar surface area (TPSA) is 61.6 Å². The van der Waals surface area contributed by atoms with Crippen molar-refractivity contribution < 1.29 is 4.79 Å². The predicted octanol–water partition coefficient (Wildman–Crippen LogP) is 2.24. The van der Waals surface area contributed by atoms with Crippen LogP contribution in [0.1, 0.15) is 13.3 Å². The van der Waals surface area contributed by atoms with E-state index in [4.69, 9.17) is 5.73 Å². The molecule has 0 aliphatic carbocycles. The summed E-state index contributed by atoms with van der Waals surface area (Å²) >= 11 is 3.40. The Labute approximate surface area is 135 Å². The minimum Gasteiger partial charge on any atom is -0.399 e. The van der Waals surface area contributed by atoms with E-state index in [0.717, 1.165) is 36.2 Å². The molecule has 0 aliphatic heterocycles. The summed E-state index contributed by atoms with van der Waals surface area (Å²) in [6.07, 6.45) is 1.06. The summed E-state index contributed by atoms with van der Waals surface area (Å²) in [7, 11) is 4.11. The van der Waals surface area contributed by atoms with E-state index in [1.807, 2.05) is 0 Å². The number of rotatable bonds is 8. The number of halogens is 1. The number of benzene rings is 1. The molecule has 0 heterocycles. The summed E-state index contributed by atoms with van der Waals surface area (Å²) in [5, 5.41) is 2.91. The van der Waals surface area contributed by atoms with Crippen LogP contribution in [0, 0.1) is 0 Å². The zero-order valence-electron chi connectivity index (χ0n) is 13.0. The van der Waals surface area contributed by atoms with E-state index < -0.39 is 0 Å². The van der Waals surface area contributed by atoms with Crippen LogP contribution in [0.5, 0.6) is 0 Å². The van der Waals surface area contributed by atoms with Crippen molar-refractivity contribution in [3.05, 3.63) is 22.7 Å². The number of hydrogen-bond acceptors (Lipinski definition) is 4. The number of nitrogens with zero attached hydrogens (tertiary/aromatic N) is 2. The van der Waals surface area contributed by atoms with Gasteiger partial charge in [-0.15, -0.1) is 0 Å². The Morgan fingerprint density at radius 3 is 2.62 bits per heavy atom. The predicted molar refractivity (Wildman–Crippen MR) is 92.5 cm³/mol. The maximum Gasteiger partial charge on any atom is 0.238 e. The number of nitrogens with one attached hydrogen (secondary N) is 1. The fourth-order valence-electron chi connectivity index (χ4n) is 1.99. The lowest BCUT2D eigenvalue weighted by atomic mass is 10.3. The van der Waals surface area contributed by atoms with E-state index in [0.29, 0.717) is 12.2 Å². The van der Waals surface area contributed by atoms with Crippen LogP contribution < -0.4 is 11.1 Å². The highest BCUT2D eigenvalue weighted by Crippen LogP contribution is 2.24. The van der Waals surface area contributed by atoms with Gasteiger partial charge in [-0.3, -0.25) is 9.69 Å². The molecular formula is C15H25BrN4O. The molecule has 6 heteroatoms. The maximum atomic E-state index is 12.1. The Morgan fingerprint density at radius 1 is 1.33 bits per heavy atom. The van der Waals surface area contributed by atoms with Crippen LogP contribution in [0.15, 0.2) is 22.7 Å². The first-order valence-corrected chi connectivity index (χ1v) is 7.93. The van der Waals surface area contributed by atoms with Crippen molar-refractivity contribution in [1.29, 1.82) is 0 Å². The minimum absolute atomic E-state index is 0.00725. The number of amides is 1. The molecule has 3 N–H and O–H groups in total. The first-order chi connectivity index (χ1) is 9.92. The zero-order valence-corrected chi connectivity index (χ0v) is 14.6. The SMILES string of the molecule is CCN(CCCN(C)C)CC(=O)Nc1ccc(N)cc1Br. The standard InChI is InChI=1S/C15H25BrN4O/c1-4-20(9-5-8-19(2)3)11-15(21)18-14-7-6-12(17)10-13(14)16/h6-7,10H,4-5,8-9,11,17H2,1-3H3,(H,18,21). The summed E-state index contributed by atoms with van der Waals surface area (Å²) < 4.78 is 0.798. The molecular weight excluding hydrogens is 332 g/mol. The quantitative estimate of drug-likeness (QED) is 0.701. The molecule has 0 aliphatic rings. The average Bonchev–Trinajstić information content (AvgIpc) is 2.40. The molecule has 1 amide bonds. The van der Waals surface area contributed by atoms with Gasteiger partial charge < -0.3 is 16.0 Å². The molecule has 118 valence electrons. The van der Waals surface area contributed by atoms with Crippen LogP contribution >= 0.6 is 15.9 Å². The van der Waals surface area contributed by atoms with Gasteiger partial charge in [-0.2, -0.15) is 0 Å². The van der Waals surface area contributed by atoms with Crippen molar-refractivity contribution >= 4 is 33.2 Å². The third-order valence-electron chi connectivity index (χ3n) is 3.16. The Morgan fingerprint density at radius 2 is 2.05 bits per heavy atom. The number of nitrogen functional groups attached to an aromatic ring is 1. The van der Waals surface area contributed by atoms with Gasteiger partial charge in [-0.05, 0) is 74.3 Å². The molecule has 0 unspecified atom stereocenters. The molecule has 1 aromatic carbocycles. The smallest absolute Gasteiger partial charge is 0.238 e. The molecule has 0 bridgehead atoms. The van der Waals surface area contributed by atoms with E-state index in [-0.39, 0.29) is 5.91 Å². The maximum absolute atomic E-state index is 12.1. The lowest BCUT2D eigenvalue weighted by Crippen LogP contribution is -2.35. The van der Waals surface area contributed by atoms with Crippen LogP contribution in [0.4, 0.5) is 11.4 Å². The average molecular weight is 357 g/mol. The Kier molecular flexibility index (Phi) is 7.71. The summed E-state index contributed by atoms with van der Waals surface area (Å²) in [6, 6.07) is 5.36. The number of likely N-dealkylation sites (N-methyl/N-ethyl adjacent to an activating group) is 1. The third-order valence-corrected chi connectivity index (χ3v) is 3.82. The minimum atomic E-state index is -0.00725. The normalized spacial score (nSPS) is 11.1. The van der Waals surface area contributed by atoms with E-state index in [2.05, 4.69) is 52.1 Å². The van der Waals surface area contributed by atoms with Gasteiger partial charge in [-0.1, -0.05) is 6.92 Å². The van der Waals surface area contributed by atoms with E-state index in [9.17, 15) is 4.79 Å². The van der Waals surface area contributed by atoms with Crippen LogP contribution in [0.2, 0.25) is 0 Å². The number of hydrogen-bond donors (Lipinski definition) is 2. The first-order valence-electron chi connectivity index (χ1n) is 7.14. The molecule has 0 saturated heterocycles. The Bertz CT molecular complexity index is 465. The highest BCUT2D eigenvalue weighted by molar-refractivity contribution is 9.10. The molecule has 21 heavy (non-hydrogen) atoms. The molecule has 0 radical (unpaired) electrons. The fourth-order valence-corrected chi connectivity index (χ4v) is 2.48. The zero-order chi connectivity index (χ0) is 15.8. The molecule has 5 nitrogen and oxygen atoms in total. The largest absolute Gasteiger partial charge is 0.399 e. The van der Waals surface area contributed by atoms with Gasteiger partial charge in [0.05, 0.1) is 12.2 Å². The second kappa shape index (κ2) is 9.02. The van der Waals surface area contributed by atoms with Crippen molar-refractivity contribution in [2.75, 3.05) is 51.3 Å². The molecule has 1 aromatic rings. The van der Waals surface area contributed by atoms with E-state index in [1.54, 1.807) is 18.2 Å². The van der Waals surface area contributed by atoms with Crippen LogP contribution in [0.3, 0.4) is 0 Å². The summed E-state index contributed by atoms with van der Waals surface area (Å²) in [4.78, 5) is 16.4. The van der Waals surface area contributed by atoms with Crippen molar-refractivity contribution in [2.45, 2.75) is 13.3 Å². The Hall–Kier alpha value is -1.11. The molecule has 0 atom stereocenters. The van der Waals surface area contributed by atoms with Crippen LogP contribution in [0.25, 0.3) is 0 Å². The van der Waals surface area contributed by atoms with Gasteiger partial charge in [0.2, 0.25) is 5.91 Å². The monoisotopic (exact) mass is 356 g/mol. The number of anilines is 2. The van der Waals surface area contributed by atoms with Crippen molar-refractivity contribution in [3.8, 4) is 0 Å². The lowest BCUT2D eigenvalue weighted by molar-refractivity contribution is -0.117. The summed E-state index contributed by atoms with van der Waals surface area (Å²) in [5.74, 6) is -0.00725. The van der Waals surface area contributed by atoms with Gasteiger partial charge in [-0.25, -0.2) is 0 Å². The van der Waals surface area contributed by atoms with Crippen molar-refractivity contribution in [2.24, 2.45) is 0 Å². The third kappa shape index (κ3) is 6.93. The fraction of sp³-hybridized carbons (Fsp3) is 0.533. The summed E-state index contributed by atoms with van der Waals surface area (Å²) in [5.41, 5.74) is 7.10. The van der Waals surface area contributed by atoms with Gasteiger partial charge in [0, 0.05) is 10.2 Å². The lowest BCUT2D eigenvalue weighted by Gasteiger charge is -2.21. The summed E-state index contributed by atoms with van der Waals surface area (Å²) in [6.45, 7) is 5.29. The van der Waals surface area contributed by atoms with Gasteiger partial charge in [0.1, 0.15) is 0 Å². The molecule has 0 fully saturated rings. The first kappa shape index (κ1) is 17.9. The van der Waals surface area contributed by atoms with Crippen LogP contribution in [-0.2, 0) is 4.79 Å². The van der Waals surface area contributed by atoms with Crippen molar-refractivity contribution in [3.63, 3.8) is 0 Å². The molecule has 0 spiro atoms. The Balaban J connectivity index is 2.47. The highest BCUT2D eigenvalue weighted by Gasteiger charge is 2.10. The van der Waals surface area contributed by atoms with E-state index in [1.165, 1.54) is 0 Å². The van der Waals surface area contributed by atoms with Gasteiger partial charge >= 0.3 is 0 Å². The van der Waals surface area contributed by atoms with Gasteiger partial charge in [0.15, 0.2) is 0 Å².